The highest BCUT2D eigenvalue weighted by Gasteiger charge is 2.32. The van der Waals surface area contributed by atoms with Gasteiger partial charge in [0.2, 0.25) is 5.78 Å². The number of hydrogen-bond donors (Lipinski definition) is 0. The standard InChI is InChI=1S/C17H20O4/c1-9(2)14-13(18)11-7-8-12(10(3)15(11)21-14)20-16(19)17(4,5)6/h7-8H,1-6H3. The minimum atomic E-state index is -0.590. The van der Waals surface area contributed by atoms with E-state index in [0.717, 1.165) is 5.57 Å². The maximum Gasteiger partial charge on any atom is 0.316 e. The smallest absolute Gasteiger partial charge is 0.316 e. The van der Waals surface area contributed by atoms with Gasteiger partial charge in [0, 0.05) is 5.56 Å². The van der Waals surface area contributed by atoms with Crippen LogP contribution in [0.2, 0.25) is 0 Å². The Morgan fingerprint density at radius 3 is 2.33 bits per heavy atom. The fourth-order valence-electron chi connectivity index (χ4n) is 1.95. The molecule has 0 spiro atoms. The summed E-state index contributed by atoms with van der Waals surface area (Å²) in [6.07, 6.45) is 0. The van der Waals surface area contributed by atoms with Gasteiger partial charge < -0.3 is 9.47 Å². The van der Waals surface area contributed by atoms with Gasteiger partial charge in [-0.25, -0.2) is 0 Å². The van der Waals surface area contributed by atoms with Gasteiger partial charge in [-0.2, -0.15) is 0 Å². The van der Waals surface area contributed by atoms with Gasteiger partial charge in [0.1, 0.15) is 11.5 Å². The highest BCUT2D eigenvalue weighted by Crippen LogP contribution is 2.39. The van der Waals surface area contributed by atoms with Gasteiger partial charge in [0.25, 0.3) is 0 Å². The van der Waals surface area contributed by atoms with Crippen LogP contribution in [0.15, 0.2) is 23.5 Å². The summed E-state index contributed by atoms with van der Waals surface area (Å²) >= 11 is 0. The Morgan fingerprint density at radius 1 is 1.19 bits per heavy atom. The summed E-state index contributed by atoms with van der Waals surface area (Å²) in [6, 6.07) is 3.29. The largest absolute Gasteiger partial charge is 0.452 e. The molecular formula is C17H20O4. The zero-order valence-electron chi connectivity index (χ0n) is 13.3. The third-order valence-corrected chi connectivity index (χ3v) is 3.28. The lowest BCUT2D eigenvalue weighted by molar-refractivity contribution is -0.143. The number of hydrogen-bond acceptors (Lipinski definition) is 4. The Hall–Kier alpha value is -2.10. The van der Waals surface area contributed by atoms with Crippen molar-refractivity contribution in [2.75, 3.05) is 0 Å². The summed E-state index contributed by atoms with van der Waals surface area (Å²) < 4.78 is 11.1. The number of carbonyl (C=O) groups excluding carboxylic acids is 2. The van der Waals surface area contributed by atoms with Gasteiger partial charge >= 0.3 is 5.97 Å². The highest BCUT2D eigenvalue weighted by molar-refractivity contribution is 6.13. The molecule has 0 saturated heterocycles. The van der Waals surface area contributed by atoms with Crippen LogP contribution in [-0.4, -0.2) is 11.8 Å². The Kier molecular flexibility index (Phi) is 3.66. The summed E-state index contributed by atoms with van der Waals surface area (Å²) in [7, 11) is 0. The maximum atomic E-state index is 12.2. The Labute approximate surface area is 124 Å². The Bertz CT molecular complexity index is 656. The number of allylic oxidation sites excluding steroid dienone is 2. The minimum Gasteiger partial charge on any atom is -0.452 e. The molecule has 4 heteroatoms. The number of fused-ring (bicyclic) bond motifs is 1. The summed E-state index contributed by atoms with van der Waals surface area (Å²) in [5, 5.41) is 0. The van der Waals surface area contributed by atoms with E-state index in [0.29, 0.717) is 28.4 Å². The molecule has 1 aromatic carbocycles. The molecule has 21 heavy (non-hydrogen) atoms. The third kappa shape index (κ3) is 2.71. The molecule has 112 valence electrons. The molecule has 0 bridgehead atoms. The first-order valence-corrected chi connectivity index (χ1v) is 6.89. The fraction of sp³-hybridized carbons (Fsp3) is 0.412. The van der Waals surface area contributed by atoms with Crippen molar-refractivity contribution in [3.05, 3.63) is 34.6 Å². The topological polar surface area (TPSA) is 52.6 Å². The molecule has 0 aliphatic carbocycles. The van der Waals surface area contributed by atoms with E-state index in [1.807, 2.05) is 13.8 Å². The lowest BCUT2D eigenvalue weighted by Gasteiger charge is -2.18. The minimum absolute atomic E-state index is 0.123. The summed E-state index contributed by atoms with van der Waals surface area (Å²) in [5.74, 6) is 0.818. The van der Waals surface area contributed by atoms with E-state index in [-0.39, 0.29) is 11.8 Å². The van der Waals surface area contributed by atoms with Gasteiger partial charge in [-0.3, -0.25) is 9.59 Å². The number of rotatable bonds is 1. The molecule has 0 saturated carbocycles. The molecule has 1 heterocycles. The third-order valence-electron chi connectivity index (χ3n) is 3.28. The van der Waals surface area contributed by atoms with Gasteiger partial charge in [0.05, 0.1) is 11.0 Å². The van der Waals surface area contributed by atoms with Crippen LogP contribution in [0.1, 0.15) is 50.5 Å². The van der Waals surface area contributed by atoms with Crippen molar-refractivity contribution < 1.29 is 19.1 Å². The van der Waals surface area contributed by atoms with E-state index in [1.165, 1.54) is 0 Å². The van der Waals surface area contributed by atoms with Crippen molar-refractivity contribution >= 4 is 11.8 Å². The molecule has 0 N–H and O–H groups in total. The molecule has 2 rings (SSSR count). The van der Waals surface area contributed by atoms with Gasteiger partial charge in [0.15, 0.2) is 5.76 Å². The SMILES string of the molecule is CC(C)=C1Oc2c(ccc(OC(=O)C(C)(C)C)c2C)C1=O. The number of esters is 1. The average molecular weight is 288 g/mol. The van der Waals surface area contributed by atoms with Gasteiger partial charge in [-0.15, -0.1) is 0 Å². The normalized spacial score (nSPS) is 13.8. The number of ether oxygens (including phenoxy) is 2. The second-order valence-corrected chi connectivity index (χ2v) is 6.47. The molecule has 0 aromatic heterocycles. The molecule has 4 nitrogen and oxygen atoms in total. The summed E-state index contributed by atoms with van der Waals surface area (Å²) in [5.41, 5.74) is 1.41. The van der Waals surface area contributed by atoms with Crippen LogP contribution in [0.3, 0.4) is 0 Å². The Morgan fingerprint density at radius 2 is 1.81 bits per heavy atom. The number of benzene rings is 1. The molecule has 1 aromatic rings. The zero-order valence-corrected chi connectivity index (χ0v) is 13.3. The molecule has 0 unspecified atom stereocenters. The van der Waals surface area contributed by atoms with E-state index in [9.17, 15) is 9.59 Å². The molecular weight excluding hydrogens is 268 g/mol. The number of ketones is 1. The second-order valence-electron chi connectivity index (χ2n) is 6.47. The quantitative estimate of drug-likeness (QED) is 0.448. The molecule has 0 fully saturated rings. The second kappa shape index (κ2) is 5.02. The van der Waals surface area contributed by atoms with E-state index in [1.54, 1.807) is 39.8 Å². The molecule has 0 amide bonds. The van der Waals surface area contributed by atoms with Crippen LogP contribution in [0, 0.1) is 12.3 Å². The Balaban J connectivity index is 2.41. The lowest BCUT2D eigenvalue weighted by atomic mass is 9.97. The van der Waals surface area contributed by atoms with E-state index in [2.05, 4.69) is 0 Å². The van der Waals surface area contributed by atoms with Crippen LogP contribution in [0.25, 0.3) is 0 Å². The number of Topliss-reactive ketones (excluding diaryl/α,β-unsaturated/α-hetero) is 1. The van der Waals surface area contributed by atoms with Crippen molar-refractivity contribution in [2.24, 2.45) is 5.41 Å². The molecule has 1 aliphatic rings. The van der Waals surface area contributed by atoms with Crippen LogP contribution in [-0.2, 0) is 4.79 Å². The van der Waals surface area contributed by atoms with E-state index in [4.69, 9.17) is 9.47 Å². The number of carbonyl (C=O) groups is 2. The monoisotopic (exact) mass is 288 g/mol. The first kappa shape index (κ1) is 15.3. The van der Waals surface area contributed by atoms with Crippen LogP contribution in [0.4, 0.5) is 0 Å². The van der Waals surface area contributed by atoms with Crippen molar-refractivity contribution in [3.63, 3.8) is 0 Å². The first-order valence-electron chi connectivity index (χ1n) is 6.89. The predicted octanol–water partition coefficient (Wildman–Crippen LogP) is 3.82. The summed E-state index contributed by atoms with van der Waals surface area (Å²) in [4.78, 5) is 24.2. The maximum absolute atomic E-state index is 12.2. The lowest BCUT2D eigenvalue weighted by Crippen LogP contribution is -2.25. The van der Waals surface area contributed by atoms with Crippen LogP contribution < -0.4 is 9.47 Å². The average Bonchev–Trinajstić information content (AvgIpc) is 2.70. The molecule has 0 atom stereocenters. The predicted molar refractivity (Wildman–Crippen MR) is 79.6 cm³/mol. The molecule has 1 aliphatic heterocycles. The van der Waals surface area contributed by atoms with E-state index < -0.39 is 5.41 Å². The van der Waals surface area contributed by atoms with Crippen molar-refractivity contribution in [2.45, 2.75) is 41.5 Å². The van der Waals surface area contributed by atoms with Crippen LogP contribution in [0.5, 0.6) is 11.5 Å². The van der Waals surface area contributed by atoms with Gasteiger partial charge in [-0.1, -0.05) is 0 Å². The first-order chi connectivity index (χ1) is 9.62. The van der Waals surface area contributed by atoms with Crippen molar-refractivity contribution in [3.8, 4) is 11.5 Å². The fourth-order valence-corrected chi connectivity index (χ4v) is 1.95. The zero-order chi connectivity index (χ0) is 15.9. The summed E-state index contributed by atoms with van der Waals surface area (Å²) in [6.45, 7) is 10.8. The molecule has 0 radical (unpaired) electrons. The van der Waals surface area contributed by atoms with Crippen LogP contribution >= 0.6 is 0 Å². The van der Waals surface area contributed by atoms with Crippen molar-refractivity contribution in [1.82, 2.24) is 0 Å². The highest BCUT2D eigenvalue weighted by atomic mass is 16.5. The van der Waals surface area contributed by atoms with Gasteiger partial charge in [-0.05, 0) is 59.2 Å². The van der Waals surface area contributed by atoms with E-state index >= 15 is 0 Å². The van der Waals surface area contributed by atoms with Crippen molar-refractivity contribution in [1.29, 1.82) is 0 Å².